The van der Waals surface area contributed by atoms with Gasteiger partial charge in [0.25, 0.3) is 5.91 Å². The number of hydrogen-bond donors (Lipinski definition) is 0. The van der Waals surface area contributed by atoms with Crippen LogP contribution in [-0.4, -0.2) is 21.9 Å². The van der Waals surface area contributed by atoms with E-state index in [1.807, 2.05) is 47.5 Å². The lowest BCUT2D eigenvalue weighted by molar-refractivity contribution is 0.0736. The van der Waals surface area contributed by atoms with Crippen LogP contribution in [0.15, 0.2) is 71.3 Å². The molecule has 1 amide bonds. The lowest BCUT2D eigenvalue weighted by Gasteiger charge is -2.24. The smallest absolute Gasteiger partial charge is 0.254 e. The molecule has 0 bridgehead atoms. The Labute approximate surface area is 180 Å². The van der Waals surface area contributed by atoms with Crippen LogP contribution in [0.25, 0.3) is 0 Å². The number of aromatic nitrogens is 1. The van der Waals surface area contributed by atoms with Crippen molar-refractivity contribution in [3.8, 4) is 0 Å². The van der Waals surface area contributed by atoms with Gasteiger partial charge < -0.3 is 9.47 Å². The number of benzene rings is 2. The average Bonchev–Trinajstić information content (AvgIpc) is 3.15. The molecular weight excluding hydrogens is 431 g/mol. The average molecular weight is 457 g/mol. The highest BCUT2D eigenvalue weighted by molar-refractivity contribution is 9.10. The van der Waals surface area contributed by atoms with E-state index in [0.717, 1.165) is 41.5 Å². The van der Waals surface area contributed by atoms with Crippen molar-refractivity contribution >= 4 is 21.8 Å². The zero-order chi connectivity index (χ0) is 20.6. The van der Waals surface area contributed by atoms with Crippen molar-refractivity contribution in [2.45, 2.75) is 39.3 Å². The van der Waals surface area contributed by atoms with E-state index in [2.05, 4.69) is 27.4 Å². The Morgan fingerprint density at radius 3 is 2.59 bits per heavy atom. The van der Waals surface area contributed by atoms with E-state index < -0.39 is 0 Å². The van der Waals surface area contributed by atoms with Crippen LogP contribution in [0.5, 0.6) is 0 Å². The first-order valence-corrected chi connectivity index (χ1v) is 10.8. The van der Waals surface area contributed by atoms with Gasteiger partial charge in [-0.1, -0.05) is 53.9 Å². The van der Waals surface area contributed by atoms with E-state index in [1.165, 1.54) is 12.1 Å². The van der Waals surface area contributed by atoms with Gasteiger partial charge in [0.2, 0.25) is 0 Å². The summed E-state index contributed by atoms with van der Waals surface area (Å²) < 4.78 is 16.2. The first-order valence-electron chi connectivity index (χ1n) is 10.00. The Balaban J connectivity index is 1.78. The second-order valence-corrected chi connectivity index (χ2v) is 8.11. The van der Waals surface area contributed by atoms with Crippen molar-refractivity contribution in [2.75, 3.05) is 6.54 Å². The topological polar surface area (TPSA) is 25.2 Å². The maximum absolute atomic E-state index is 13.2. The van der Waals surface area contributed by atoms with E-state index >= 15 is 0 Å². The molecule has 0 saturated heterocycles. The number of amides is 1. The fourth-order valence-corrected chi connectivity index (χ4v) is 3.74. The molecule has 1 heterocycles. The van der Waals surface area contributed by atoms with Crippen LogP contribution >= 0.6 is 15.9 Å². The van der Waals surface area contributed by atoms with E-state index in [9.17, 15) is 9.18 Å². The van der Waals surface area contributed by atoms with Crippen LogP contribution in [0.4, 0.5) is 4.39 Å². The lowest BCUT2D eigenvalue weighted by atomic mass is 10.1. The molecule has 152 valence electrons. The minimum absolute atomic E-state index is 0.0388. The van der Waals surface area contributed by atoms with Crippen LogP contribution in [0.3, 0.4) is 0 Å². The predicted octanol–water partition coefficient (Wildman–Crippen LogP) is 6.27. The number of halogens is 2. The van der Waals surface area contributed by atoms with Crippen LogP contribution in [-0.2, 0) is 13.1 Å². The molecule has 0 saturated carbocycles. The van der Waals surface area contributed by atoms with Gasteiger partial charge in [0.05, 0.1) is 6.54 Å². The molecule has 0 spiro atoms. The Morgan fingerprint density at radius 2 is 1.86 bits per heavy atom. The number of rotatable bonds is 9. The maximum atomic E-state index is 13.2. The summed E-state index contributed by atoms with van der Waals surface area (Å²) in [6, 6.07) is 18.1. The molecule has 0 aliphatic heterocycles. The molecule has 0 atom stereocenters. The summed E-state index contributed by atoms with van der Waals surface area (Å²) in [4.78, 5) is 15.1. The molecule has 5 heteroatoms. The number of unbranched alkanes of at least 4 members (excludes halogenated alkanes) is 2. The van der Waals surface area contributed by atoms with Crippen LogP contribution < -0.4 is 0 Å². The third kappa shape index (κ3) is 6.04. The molecule has 2 aromatic carbocycles. The van der Waals surface area contributed by atoms with Crippen molar-refractivity contribution in [3.05, 3.63) is 94.0 Å². The molecule has 0 N–H and O–H groups in total. The van der Waals surface area contributed by atoms with Crippen LogP contribution in [0, 0.1) is 5.82 Å². The summed E-state index contributed by atoms with van der Waals surface area (Å²) in [6.07, 6.45) is 5.19. The summed E-state index contributed by atoms with van der Waals surface area (Å²) in [5, 5.41) is 0. The quantitative estimate of drug-likeness (QED) is 0.348. The third-order valence-electron chi connectivity index (χ3n) is 4.93. The zero-order valence-corrected chi connectivity index (χ0v) is 18.2. The monoisotopic (exact) mass is 456 g/mol. The van der Waals surface area contributed by atoms with Crippen molar-refractivity contribution in [2.24, 2.45) is 0 Å². The molecule has 0 radical (unpaired) electrons. The minimum Gasteiger partial charge on any atom is -0.345 e. The molecule has 0 fully saturated rings. The summed E-state index contributed by atoms with van der Waals surface area (Å²) in [5.41, 5.74) is 2.78. The second-order valence-electron chi connectivity index (χ2n) is 7.20. The largest absolute Gasteiger partial charge is 0.345 e. The normalized spacial score (nSPS) is 10.9. The molecule has 3 aromatic rings. The van der Waals surface area contributed by atoms with Gasteiger partial charge in [0.1, 0.15) is 5.82 Å². The highest BCUT2D eigenvalue weighted by Gasteiger charge is 2.17. The SMILES string of the molecule is CCCCCN(Cc1cccn1Cc1ccc(F)cc1)C(=O)c1cccc(Br)c1. The number of carbonyl (C=O) groups excluding carboxylic acids is 1. The van der Waals surface area contributed by atoms with E-state index in [0.29, 0.717) is 18.7 Å². The highest BCUT2D eigenvalue weighted by atomic mass is 79.9. The fraction of sp³-hybridized carbons (Fsp3) is 0.292. The Kier molecular flexibility index (Phi) is 7.64. The van der Waals surface area contributed by atoms with Gasteiger partial charge >= 0.3 is 0 Å². The second kappa shape index (κ2) is 10.4. The maximum Gasteiger partial charge on any atom is 0.254 e. The number of hydrogen-bond acceptors (Lipinski definition) is 1. The molecule has 3 nitrogen and oxygen atoms in total. The molecule has 0 aliphatic carbocycles. The molecule has 0 aliphatic rings. The van der Waals surface area contributed by atoms with Gasteiger partial charge in [-0.2, -0.15) is 0 Å². The summed E-state index contributed by atoms with van der Waals surface area (Å²) in [6.45, 7) is 4.08. The van der Waals surface area contributed by atoms with Crippen molar-refractivity contribution in [1.82, 2.24) is 9.47 Å². The lowest BCUT2D eigenvalue weighted by Crippen LogP contribution is -2.32. The minimum atomic E-state index is -0.233. The van der Waals surface area contributed by atoms with Crippen LogP contribution in [0.2, 0.25) is 0 Å². The van der Waals surface area contributed by atoms with E-state index in [-0.39, 0.29) is 11.7 Å². The summed E-state index contributed by atoms with van der Waals surface area (Å²) >= 11 is 3.46. The predicted molar refractivity (Wildman–Crippen MR) is 118 cm³/mol. The first-order chi connectivity index (χ1) is 14.1. The third-order valence-corrected chi connectivity index (χ3v) is 5.43. The van der Waals surface area contributed by atoms with Crippen molar-refractivity contribution in [3.63, 3.8) is 0 Å². The fourth-order valence-electron chi connectivity index (χ4n) is 3.34. The summed E-state index contributed by atoms with van der Waals surface area (Å²) in [7, 11) is 0. The van der Waals surface area contributed by atoms with Crippen molar-refractivity contribution in [1.29, 1.82) is 0 Å². The highest BCUT2D eigenvalue weighted by Crippen LogP contribution is 2.17. The summed E-state index contributed by atoms with van der Waals surface area (Å²) in [5.74, 6) is -0.194. The molecule has 1 aromatic heterocycles. The van der Waals surface area contributed by atoms with Gasteiger partial charge in [-0.25, -0.2) is 4.39 Å². The van der Waals surface area contributed by atoms with Gasteiger partial charge in [-0.05, 0) is 54.4 Å². The van der Waals surface area contributed by atoms with Crippen LogP contribution in [0.1, 0.15) is 47.8 Å². The Bertz CT molecular complexity index is 936. The van der Waals surface area contributed by atoms with Gasteiger partial charge in [0.15, 0.2) is 0 Å². The molecule has 3 rings (SSSR count). The zero-order valence-electron chi connectivity index (χ0n) is 16.7. The standard InChI is InChI=1S/C24H26BrFN2O/c1-2-3-4-14-28(24(29)20-7-5-8-21(25)16-20)18-23-9-6-15-27(23)17-19-10-12-22(26)13-11-19/h5-13,15-16H,2-4,14,17-18H2,1H3. The Morgan fingerprint density at radius 1 is 1.07 bits per heavy atom. The molecular formula is C24H26BrFN2O. The Hall–Kier alpha value is -2.40. The molecule has 0 unspecified atom stereocenters. The first kappa shape index (κ1) is 21.3. The van der Waals surface area contributed by atoms with E-state index in [1.54, 1.807) is 12.1 Å². The van der Waals surface area contributed by atoms with Gasteiger partial charge in [-0.3, -0.25) is 4.79 Å². The van der Waals surface area contributed by atoms with Gasteiger partial charge in [-0.15, -0.1) is 0 Å². The van der Waals surface area contributed by atoms with Gasteiger partial charge in [0, 0.05) is 35.0 Å². The number of carbonyl (C=O) groups is 1. The van der Waals surface area contributed by atoms with Crippen molar-refractivity contribution < 1.29 is 9.18 Å². The number of nitrogens with zero attached hydrogens (tertiary/aromatic N) is 2. The molecule has 29 heavy (non-hydrogen) atoms. The van der Waals surface area contributed by atoms with E-state index in [4.69, 9.17) is 0 Å².